The molecule has 2 unspecified atom stereocenters. The number of hydrogen-bond donors (Lipinski definition) is 0. The van der Waals surface area contributed by atoms with Gasteiger partial charge in [-0.3, -0.25) is 4.79 Å². The summed E-state index contributed by atoms with van der Waals surface area (Å²) in [5, 5.41) is 0.775. The van der Waals surface area contributed by atoms with Crippen LogP contribution in [0.5, 0.6) is 6.01 Å². The fourth-order valence-electron chi connectivity index (χ4n) is 7.08. The molecule has 1 saturated carbocycles. The minimum atomic E-state index is -1.01. The van der Waals surface area contributed by atoms with E-state index in [0.717, 1.165) is 42.8 Å². The summed E-state index contributed by atoms with van der Waals surface area (Å²) in [7, 11) is 2.11. The third kappa shape index (κ3) is 4.75. The average molecular weight is 568 g/mol. The molecule has 216 valence electrons. The Labute approximate surface area is 244 Å². The number of anilines is 1. The molecule has 1 amide bonds. The molecule has 4 aliphatic rings. The maximum atomic E-state index is 13.8. The van der Waals surface area contributed by atoms with Gasteiger partial charge in [0.15, 0.2) is 11.5 Å². The van der Waals surface area contributed by atoms with E-state index in [4.69, 9.17) is 26.3 Å². The van der Waals surface area contributed by atoms with E-state index >= 15 is 0 Å². The third-order valence-corrected chi connectivity index (χ3v) is 9.42. The number of nitrogens with zero attached hydrogens (tertiary/aromatic N) is 7. The zero-order valence-corrected chi connectivity index (χ0v) is 23.8. The molecule has 3 aromatic rings. The number of carbonyl (C=O) groups excluding carboxylic acids is 1. The van der Waals surface area contributed by atoms with Crippen LogP contribution in [0.1, 0.15) is 36.3 Å². The maximum Gasteiger partial charge on any atom is 0.320 e. The lowest BCUT2D eigenvalue weighted by Crippen LogP contribution is -2.56. The second-order valence-corrected chi connectivity index (χ2v) is 12.0. The van der Waals surface area contributed by atoms with Gasteiger partial charge in [0.25, 0.3) is 5.91 Å². The van der Waals surface area contributed by atoms with Gasteiger partial charge < -0.3 is 24.3 Å². The summed E-state index contributed by atoms with van der Waals surface area (Å²) in [5.74, 6) is 0.277. The molecule has 0 bridgehead atoms. The summed E-state index contributed by atoms with van der Waals surface area (Å²) in [6.07, 6.45) is 4.61. The minimum Gasteiger partial charge on any atom is -0.462 e. The van der Waals surface area contributed by atoms with E-state index in [1.165, 1.54) is 28.0 Å². The van der Waals surface area contributed by atoms with Crippen LogP contribution < -0.4 is 9.64 Å². The number of piperazine rings is 1. The summed E-state index contributed by atoms with van der Waals surface area (Å²) in [5.41, 5.74) is 5.47. The monoisotopic (exact) mass is 567 g/mol. The largest absolute Gasteiger partial charge is 0.462 e. The molecule has 9 nitrogen and oxygen atoms in total. The van der Waals surface area contributed by atoms with E-state index in [9.17, 15) is 9.18 Å². The standard InChI is InChI=1S/C32H34FN7O2/c1-19(33)31(41)40-13-12-39(17-23(40)16-34-2)30-25-9-10-27(24-8-4-6-20-14-21-15-26(21)28(20)24)35-29(25)36-32(37-30)42-18-22-7-5-11-38(22)3/h4,6,8-10,21-23,26H,1,5,7,11-18H2,3H3/t21?,22-,23-,26?/m0/s1. The maximum absolute atomic E-state index is 13.8. The number of halogens is 1. The lowest BCUT2D eigenvalue weighted by atomic mass is 9.97. The van der Waals surface area contributed by atoms with Gasteiger partial charge in [-0.25, -0.2) is 15.9 Å². The third-order valence-electron chi connectivity index (χ3n) is 9.42. The second-order valence-electron chi connectivity index (χ2n) is 12.0. The number of ether oxygens (including phenoxy) is 1. The van der Waals surface area contributed by atoms with Crippen molar-refractivity contribution in [1.82, 2.24) is 24.8 Å². The number of rotatable bonds is 7. The number of fused-ring (bicyclic) bond motifs is 4. The first-order valence-electron chi connectivity index (χ1n) is 14.8. The highest BCUT2D eigenvalue weighted by Crippen LogP contribution is 2.58. The number of likely N-dealkylation sites (N-methyl/N-ethyl adjacent to an activating group) is 1. The van der Waals surface area contributed by atoms with Crippen LogP contribution in [-0.4, -0.2) is 89.1 Å². The number of carbonyl (C=O) groups is 1. The molecule has 0 N–H and O–H groups in total. The van der Waals surface area contributed by atoms with Gasteiger partial charge >= 0.3 is 6.01 Å². The van der Waals surface area contributed by atoms with E-state index in [0.29, 0.717) is 43.1 Å². The number of benzene rings is 1. The zero-order chi connectivity index (χ0) is 29.0. The minimum absolute atomic E-state index is 0.0551. The van der Waals surface area contributed by atoms with Crippen LogP contribution in [-0.2, 0) is 11.2 Å². The van der Waals surface area contributed by atoms with Gasteiger partial charge in [0.1, 0.15) is 18.5 Å². The van der Waals surface area contributed by atoms with Gasteiger partial charge in [-0.2, -0.15) is 9.97 Å². The molecule has 4 atom stereocenters. The van der Waals surface area contributed by atoms with Gasteiger partial charge in [0, 0.05) is 31.2 Å². The molecular formula is C32H34FN7O2. The normalized spacial score (nSPS) is 24.8. The van der Waals surface area contributed by atoms with Crippen molar-refractivity contribution in [2.45, 2.75) is 43.7 Å². The smallest absolute Gasteiger partial charge is 0.320 e. The van der Waals surface area contributed by atoms with E-state index in [1.807, 2.05) is 17.0 Å². The van der Waals surface area contributed by atoms with Gasteiger partial charge in [0.05, 0.1) is 11.1 Å². The molecule has 2 aliphatic carbocycles. The molecule has 10 heteroatoms. The first-order valence-corrected chi connectivity index (χ1v) is 14.8. The van der Waals surface area contributed by atoms with Crippen LogP contribution in [0.15, 0.2) is 42.7 Å². The summed E-state index contributed by atoms with van der Waals surface area (Å²) < 4.78 is 20.0. The molecule has 2 saturated heterocycles. The number of amides is 1. The Morgan fingerprint density at radius 1 is 1.17 bits per heavy atom. The average Bonchev–Trinajstić information content (AvgIpc) is 3.47. The topological polar surface area (TPSA) is 79.1 Å². The molecule has 3 fully saturated rings. The Morgan fingerprint density at radius 2 is 2.05 bits per heavy atom. The number of hydrogen-bond acceptors (Lipinski definition) is 7. The van der Waals surface area contributed by atoms with Crippen LogP contribution >= 0.6 is 0 Å². The van der Waals surface area contributed by atoms with Gasteiger partial charge in [-0.05, 0) is 74.4 Å². The Bertz CT molecular complexity index is 1620. The quantitative estimate of drug-likeness (QED) is 0.312. The van der Waals surface area contributed by atoms with E-state index < -0.39 is 17.8 Å². The van der Waals surface area contributed by atoms with Gasteiger partial charge in [-0.15, -0.1) is 0 Å². The zero-order valence-electron chi connectivity index (χ0n) is 23.8. The lowest BCUT2D eigenvalue weighted by molar-refractivity contribution is -0.131. The first-order chi connectivity index (χ1) is 20.4. The highest BCUT2D eigenvalue weighted by atomic mass is 19.1. The fraction of sp³-hybridized carbons (Fsp3) is 0.469. The van der Waals surface area contributed by atoms with Gasteiger partial charge in [-0.1, -0.05) is 24.8 Å². The van der Waals surface area contributed by atoms with E-state index in [-0.39, 0.29) is 19.1 Å². The number of aromatic nitrogens is 3. The Balaban J connectivity index is 1.26. The summed E-state index contributed by atoms with van der Waals surface area (Å²) in [4.78, 5) is 36.4. The van der Waals surface area contributed by atoms with Crippen molar-refractivity contribution in [1.29, 1.82) is 0 Å². The fourth-order valence-corrected chi connectivity index (χ4v) is 7.08. The lowest BCUT2D eigenvalue weighted by Gasteiger charge is -2.39. The Kier molecular flexibility index (Phi) is 6.77. The first kappa shape index (κ1) is 26.8. The highest BCUT2D eigenvalue weighted by molar-refractivity contribution is 5.92. The van der Waals surface area contributed by atoms with Crippen LogP contribution in [0.25, 0.3) is 27.1 Å². The van der Waals surface area contributed by atoms with E-state index in [2.05, 4.69) is 41.6 Å². The van der Waals surface area contributed by atoms with Gasteiger partial charge in [0.2, 0.25) is 6.54 Å². The SMILES string of the molecule is [C-]#[N+]C[C@H]1CN(c2nc(OC[C@@H]3CCCN3C)nc3nc(-c4cccc5c4C4CC4C5)ccc23)CCN1C(=O)C(=C)F. The van der Waals surface area contributed by atoms with Crippen molar-refractivity contribution in [3.63, 3.8) is 0 Å². The molecular weight excluding hydrogens is 533 g/mol. The predicted molar refractivity (Wildman–Crippen MR) is 158 cm³/mol. The second kappa shape index (κ2) is 10.6. The van der Waals surface area contributed by atoms with Crippen molar-refractivity contribution in [3.05, 3.63) is 65.3 Å². The van der Waals surface area contributed by atoms with Crippen molar-refractivity contribution in [2.24, 2.45) is 5.92 Å². The summed E-state index contributed by atoms with van der Waals surface area (Å²) in [6, 6.07) is 10.6. The van der Waals surface area contributed by atoms with Crippen LogP contribution in [0.4, 0.5) is 10.2 Å². The molecule has 1 aromatic carbocycles. The number of pyridine rings is 1. The van der Waals surface area contributed by atoms with Crippen LogP contribution in [0, 0.1) is 12.5 Å². The molecule has 2 aromatic heterocycles. The van der Waals surface area contributed by atoms with Crippen molar-refractivity contribution in [2.75, 3.05) is 51.3 Å². The summed E-state index contributed by atoms with van der Waals surface area (Å²) in [6.45, 7) is 13.2. The molecule has 42 heavy (non-hydrogen) atoms. The van der Waals surface area contributed by atoms with Crippen molar-refractivity contribution >= 4 is 22.8 Å². The molecule has 7 rings (SSSR count). The molecule has 2 aliphatic heterocycles. The van der Waals surface area contributed by atoms with Crippen molar-refractivity contribution < 1.29 is 13.9 Å². The highest BCUT2D eigenvalue weighted by Gasteiger charge is 2.46. The van der Waals surface area contributed by atoms with Crippen LogP contribution in [0.2, 0.25) is 0 Å². The summed E-state index contributed by atoms with van der Waals surface area (Å²) >= 11 is 0. The Hall–Kier alpha value is -4.10. The Morgan fingerprint density at radius 3 is 2.83 bits per heavy atom. The molecule has 0 radical (unpaired) electrons. The molecule has 4 heterocycles. The van der Waals surface area contributed by atoms with Crippen LogP contribution in [0.3, 0.4) is 0 Å². The van der Waals surface area contributed by atoms with E-state index in [1.54, 1.807) is 0 Å². The van der Waals surface area contributed by atoms with Crippen molar-refractivity contribution in [3.8, 4) is 17.3 Å². The number of likely N-dealkylation sites (tertiary alicyclic amines) is 1. The predicted octanol–water partition coefficient (Wildman–Crippen LogP) is 4.24. The molecule has 0 spiro atoms.